The number of oxime groups is 1. The van der Waals surface area contributed by atoms with E-state index >= 15 is 0 Å². The standard InChI is InChI=1S/C13H12N2O3S/c14-19(17,18)12-8-4-7-11(9-12)13(15-16)10-5-2-1-3-6-10/h1-9,16H,(H2,14,17,18)/b15-13-. The van der Waals surface area contributed by atoms with Crippen molar-refractivity contribution >= 4 is 15.7 Å². The van der Waals surface area contributed by atoms with Crippen molar-refractivity contribution in [2.45, 2.75) is 4.90 Å². The van der Waals surface area contributed by atoms with Gasteiger partial charge in [0.15, 0.2) is 0 Å². The molecule has 0 aromatic heterocycles. The zero-order valence-corrected chi connectivity index (χ0v) is 10.7. The number of nitrogens with two attached hydrogens (primary N) is 1. The van der Waals surface area contributed by atoms with Gasteiger partial charge in [-0.1, -0.05) is 47.6 Å². The average Bonchev–Trinajstić information content (AvgIpc) is 2.40. The van der Waals surface area contributed by atoms with E-state index in [4.69, 9.17) is 10.3 Å². The van der Waals surface area contributed by atoms with Crippen molar-refractivity contribution in [3.05, 3.63) is 65.7 Å². The maximum absolute atomic E-state index is 11.3. The summed E-state index contributed by atoms with van der Waals surface area (Å²) >= 11 is 0. The highest BCUT2D eigenvalue weighted by molar-refractivity contribution is 7.89. The quantitative estimate of drug-likeness (QED) is 0.506. The lowest BCUT2D eigenvalue weighted by Crippen LogP contribution is -2.13. The second-order valence-electron chi connectivity index (χ2n) is 3.89. The van der Waals surface area contributed by atoms with Gasteiger partial charge in [-0.25, -0.2) is 13.6 Å². The van der Waals surface area contributed by atoms with Gasteiger partial charge in [0.2, 0.25) is 10.0 Å². The van der Waals surface area contributed by atoms with E-state index in [0.29, 0.717) is 11.1 Å². The van der Waals surface area contributed by atoms with Crippen LogP contribution in [0.25, 0.3) is 0 Å². The molecular formula is C13H12N2O3S. The molecule has 2 aromatic rings. The van der Waals surface area contributed by atoms with Crippen LogP contribution in [-0.4, -0.2) is 19.3 Å². The van der Waals surface area contributed by atoms with Crippen molar-refractivity contribution in [1.29, 1.82) is 0 Å². The molecule has 2 rings (SSSR count). The topological polar surface area (TPSA) is 92.8 Å². The van der Waals surface area contributed by atoms with E-state index in [2.05, 4.69) is 5.16 Å². The minimum atomic E-state index is -3.79. The third-order valence-corrected chi connectivity index (χ3v) is 3.49. The second-order valence-corrected chi connectivity index (χ2v) is 5.45. The minimum Gasteiger partial charge on any atom is -0.410 e. The second kappa shape index (κ2) is 5.21. The summed E-state index contributed by atoms with van der Waals surface area (Å²) in [5.74, 6) is 0. The van der Waals surface area contributed by atoms with Crippen LogP contribution in [-0.2, 0) is 10.0 Å². The van der Waals surface area contributed by atoms with Crippen LogP contribution in [0.2, 0.25) is 0 Å². The largest absolute Gasteiger partial charge is 0.410 e. The van der Waals surface area contributed by atoms with Crippen LogP contribution in [0.4, 0.5) is 0 Å². The fourth-order valence-electron chi connectivity index (χ4n) is 1.70. The lowest BCUT2D eigenvalue weighted by Gasteiger charge is -2.06. The van der Waals surface area contributed by atoms with E-state index in [1.165, 1.54) is 12.1 Å². The van der Waals surface area contributed by atoms with Gasteiger partial charge < -0.3 is 5.21 Å². The Morgan fingerprint density at radius 2 is 1.63 bits per heavy atom. The van der Waals surface area contributed by atoms with E-state index < -0.39 is 10.0 Å². The molecule has 3 N–H and O–H groups in total. The van der Waals surface area contributed by atoms with Crippen molar-refractivity contribution in [1.82, 2.24) is 0 Å². The molecule has 0 saturated carbocycles. The third kappa shape index (κ3) is 2.98. The van der Waals surface area contributed by atoms with Crippen molar-refractivity contribution in [3.8, 4) is 0 Å². The highest BCUT2D eigenvalue weighted by atomic mass is 32.2. The number of hydrogen-bond acceptors (Lipinski definition) is 4. The van der Waals surface area contributed by atoms with Crippen molar-refractivity contribution in [3.63, 3.8) is 0 Å². The number of rotatable bonds is 3. The zero-order valence-electron chi connectivity index (χ0n) is 9.89. The Hall–Kier alpha value is -2.18. The van der Waals surface area contributed by atoms with Gasteiger partial charge in [0, 0.05) is 11.1 Å². The Kier molecular flexibility index (Phi) is 3.64. The molecule has 0 aliphatic carbocycles. The molecule has 98 valence electrons. The van der Waals surface area contributed by atoms with Crippen LogP contribution in [0.5, 0.6) is 0 Å². The smallest absolute Gasteiger partial charge is 0.238 e. The molecule has 0 fully saturated rings. The van der Waals surface area contributed by atoms with E-state index in [1.807, 2.05) is 6.07 Å². The first kappa shape index (κ1) is 13.3. The molecule has 19 heavy (non-hydrogen) atoms. The van der Waals surface area contributed by atoms with E-state index in [-0.39, 0.29) is 10.6 Å². The molecule has 0 unspecified atom stereocenters. The molecule has 5 nitrogen and oxygen atoms in total. The molecule has 0 saturated heterocycles. The van der Waals surface area contributed by atoms with Crippen LogP contribution < -0.4 is 5.14 Å². The Morgan fingerprint density at radius 3 is 2.21 bits per heavy atom. The highest BCUT2D eigenvalue weighted by Crippen LogP contribution is 2.15. The maximum Gasteiger partial charge on any atom is 0.238 e. The van der Waals surface area contributed by atoms with Gasteiger partial charge >= 0.3 is 0 Å². The molecule has 0 heterocycles. The zero-order chi connectivity index (χ0) is 13.9. The first-order chi connectivity index (χ1) is 9.02. The predicted octanol–water partition coefficient (Wildman–Crippen LogP) is 1.56. The number of hydrogen-bond donors (Lipinski definition) is 2. The van der Waals surface area contributed by atoms with Crippen LogP contribution in [0.1, 0.15) is 11.1 Å². The monoisotopic (exact) mass is 276 g/mol. The molecule has 0 bridgehead atoms. The lowest BCUT2D eigenvalue weighted by atomic mass is 10.0. The summed E-state index contributed by atoms with van der Waals surface area (Å²) < 4.78 is 22.6. The van der Waals surface area contributed by atoms with Crippen molar-refractivity contribution in [2.75, 3.05) is 0 Å². The van der Waals surface area contributed by atoms with E-state index in [0.717, 1.165) is 0 Å². The summed E-state index contributed by atoms with van der Waals surface area (Å²) in [6.45, 7) is 0. The molecule has 0 radical (unpaired) electrons. The summed E-state index contributed by atoms with van der Waals surface area (Å²) in [6.07, 6.45) is 0. The Balaban J connectivity index is 2.53. The number of nitrogens with zero attached hydrogens (tertiary/aromatic N) is 1. The molecule has 0 amide bonds. The summed E-state index contributed by atoms with van der Waals surface area (Å²) in [4.78, 5) is -0.0259. The predicted molar refractivity (Wildman–Crippen MR) is 71.7 cm³/mol. The molecule has 0 atom stereocenters. The van der Waals surface area contributed by atoms with Crippen molar-refractivity contribution in [2.24, 2.45) is 10.3 Å². The van der Waals surface area contributed by atoms with Crippen LogP contribution in [0, 0.1) is 0 Å². The summed E-state index contributed by atoms with van der Waals surface area (Å²) in [5.41, 5.74) is 1.43. The Morgan fingerprint density at radius 1 is 1.00 bits per heavy atom. The van der Waals surface area contributed by atoms with Gasteiger partial charge in [0.25, 0.3) is 0 Å². The molecule has 2 aromatic carbocycles. The van der Waals surface area contributed by atoms with E-state index in [1.54, 1.807) is 36.4 Å². The lowest BCUT2D eigenvalue weighted by molar-refractivity contribution is 0.319. The molecule has 0 spiro atoms. The van der Waals surface area contributed by atoms with Gasteiger partial charge in [-0.2, -0.15) is 0 Å². The Bertz CT molecular complexity index is 710. The number of benzene rings is 2. The van der Waals surface area contributed by atoms with Crippen LogP contribution >= 0.6 is 0 Å². The van der Waals surface area contributed by atoms with Crippen LogP contribution in [0.15, 0.2) is 64.6 Å². The fourth-order valence-corrected chi connectivity index (χ4v) is 2.26. The summed E-state index contributed by atoms with van der Waals surface area (Å²) in [6, 6.07) is 14.9. The van der Waals surface area contributed by atoms with Gasteiger partial charge in [-0.3, -0.25) is 0 Å². The van der Waals surface area contributed by atoms with Gasteiger partial charge in [-0.15, -0.1) is 0 Å². The van der Waals surface area contributed by atoms with E-state index in [9.17, 15) is 8.42 Å². The summed E-state index contributed by atoms with van der Waals surface area (Å²) in [5, 5.41) is 17.4. The normalized spacial score (nSPS) is 12.4. The van der Waals surface area contributed by atoms with Gasteiger partial charge in [0.1, 0.15) is 5.71 Å². The summed E-state index contributed by atoms with van der Waals surface area (Å²) in [7, 11) is -3.79. The van der Waals surface area contributed by atoms with Gasteiger partial charge in [0.05, 0.1) is 4.90 Å². The first-order valence-electron chi connectivity index (χ1n) is 5.43. The molecular weight excluding hydrogens is 264 g/mol. The van der Waals surface area contributed by atoms with Crippen LogP contribution in [0.3, 0.4) is 0 Å². The average molecular weight is 276 g/mol. The third-order valence-electron chi connectivity index (χ3n) is 2.58. The van der Waals surface area contributed by atoms with Gasteiger partial charge in [-0.05, 0) is 12.1 Å². The minimum absolute atomic E-state index is 0.0259. The molecule has 6 heteroatoms. The fraction of sp³-hybridized carbons (Fsp3) is 0. The van der Waals surface area contributed by atoms with Crippen molar-refractivity contribution < 1.29 is 13.6 Å². The highest BCUT2D eigenvalue weighted by Gasteiger charge is 2.12. The maximum atomic E-state index is 11.3. The first-order valence-corrected chi connectivity index (χ1v) is 6.98. The number of primary sulfonamides is 1. The number of sulfonamides is 1. The SMILES string of the molecule is NS(=O)(=O)c1cccc(/C(=N\O)c2ccccc2)c1. The molecule has 0 aliphatic heterocycles. The molecule has 0 aliphatic rings. The Labute approximate surface area is 111 Å².